The minimum absolute atomic E-state index is 0.0253. The molecule has 2 nitrogen and oxygen atoms in total. The molecule has 15 heavy (non-hydrogen) atoms. The number of hydrogen-bond donors (Lipinski definition) is 1. The maximum atomic E-state index is 9.23. The Kier molecular flexibility index (Phi) is 2.79. The first-order valence-corrected chi connectivity index (χ1v) is 4.92. The number of aliphatic hydroxyl groups is 1. The molecule has 2 aromatic rings. The highest BCUT2D eigenvalue weighted by atomic mass is 16.3. The van der Waals surface area contributed by atoms with Crippen LogP contribution in [0.15, 0.2) is 42.7 Å². The first-order valence-electron chi connectivity index (χ1n) is 4.92. The Morgan fingerprint density at radius 1 is 1.13 bits per heavy atom. The summed E-state index contributed by atoms with van der Waals surface area (Å²) in [5.41, 5.74) is 4.29. The van der Waals surface area contributed by atoms with Crippen molar-refractivity contribution < 1.29 is 5.11 Å². The summed E-state index contributed by atoms with van der Waals surface area (Å²) in [4.78, 5) is 4.01. The molecule has 0 unspecified atom stereocenters. The topological polar surface area (TPSA) is 33.1 Å². The van der Waals surface area contributed by atoms with E-state index in [0.717, 1.165) is 16.7 Å². The van der Waals surface area contributed by atoms with Gasteiger partial charge in [-0.15, -0.1) is 0 Å². The van der Waals surface area contributed by atoms with Gasteiger partial charge in [0.1, 0.15) is 0 Å². The molecular weight excluding hydrogens is 186 g/mol. The maximum Gasteiger partial charge on any atom is 0.0702 e. The van der Waals surface area contributed by atoms with Gasteiger partial charge in [0.15, 0.2) is 0 Å². The summed E-state index contributed by atoms with van der Waals surface area (Å²) in [6.45, 7) is 2.09. The molecule has 0 fully saturated rings. The van der Waals surface area contributed by atoms with Crippen molar-refractivity contribution in [2.75, 3.05) is 0 Å². The average molecular weight is 199 g/mol. The summed E-state index contributed by atoms with van der Waals surface area (Å²) < 4.78 is 0. The lowest BCUT2D eigenvalue weighted by Gasteiger charge is -2.09. The van der Waals surface area contributed by atoms with Gasteiger partial charge in [-0.1, -0.05) is 24.3 Å². The minimum atomic E-state index is 0.0253. The number of aromatic nitrogens is 1. The third-order valence-electron chi connectivity index (χ3n) is 2.51. The summed E-state index contributed by atoms with van der Waals surface area (Å²) in [5.74, 6) is 0. The lowest BCUT2D eigenvalue weighted by molar-refractivity contribution is 0.282. The molecule has 76 valence electrons. The van der Waals surface area contributed by atoms with E-state index in [1.54, 1.807) is 12.4 Å². The van der Waals surface area contributed by atoms with Gasteiger partial charge in [0.2, 0.25) is 0 Å². The van der Waals surface area contributed by atoms with Gasteiger partial charge in [0.25, 0.3) is 0 Å². The molecule has 0 aliphatic carbocycles. The molecule has 0 saturated heterocycles. The van der Waals surface area contributed by atoms with Crippen molar-refractivity contribution in [3.63, 3.8) is 0 Å². The molecule has 0 saturated carbocycles. The lowest BCUT2D eigenvalue weighted by atomic mass is 9.98. The number of nitrogens with zero attached hydrogens (tertiary/aromatic N) is 1. The third kappa shape index (κ3) is 1.90. The molecule has 0 aliphatic rings. The maximum absolute atomic E-state index is 9.23. The predicted octanol–water partition coefficient (Wildman–Crippen LogP) is 2.55. The zero-order chi connectivity index (χ0) is 10.7. The number of benzene rings is 1. The molecule has 1 aromatic carbocycles. The van der Waals surface area contributed by atoms with Gasteiger partial charge in [-0.25, -0.2) is 0 Å². The number of pyridine rings is 1. The quantitative estimate of drug-likeness (QED) is 0.806. The van der Waals surface area contributed by atoms with E-state index in [-0.39, 0.29) is 6.61 Å². The van der Waals surface area contributed by atoms with Crippen LogP contribution in [0.1, 0.15) is 11.1 Å². The van der Waals surface area contributed by atoms with E-state index >= 15 is 0 Å². The second-order valence-electron chi connectivity index (χ2n) is 3.51. The van der Waals surface area contributed by atoms with E-state index in [0.29, 0.717) is 0 Å². The van der Waals surface area contributed by atoms with Crippen LogP contribution in [0.3, 0.4) is 0 Å². The summed E-state index contributed by atoms with van der Waals surface area (Å²) in [6, 6.07) is 10.1. The third-order valence-corrected chi connectivity index (χ3v) is 2.51. The van der Waals surface area contributed by atoms with E-state index in [4.69, 9.17) is 0 Å². The second-order valence-corrected chi connectivity index (χ2v) is 3.51. The van der Waals surface area contributed by atoms with Crippen molar-refractivity contribution in [1.29, 1.82) is 0 Å². The second kappa shape index (κ2) is 4.24. The van der Waals surface area contributed by atoms with Gasteiger partial charge < -0.3 is 5.11 Å². The summed E-state index contributed by atoms with van der Waals surface area (Å²) in [6.07, 6.45) is 3.46. The zero-order valence-electron chi connectivity index (χ0n) is 8.64. The monoisotopic (exact) mass is 199 g/mol. The highest BCUT2D eigenvalue weighted by Gasteiger charge is 2.05. The fourth-order valence-electron chi connectivity index (χ4n) is 1.69. The summed E-state index contributed by atoms with van der Waals surface area (Å²) in [7, 11) is 0. The van der Waals surface area contributed by atoms with Crippen molar-refractivity contribution in [1.82, 2.24) is 4.98 Å². The van der Waals surface area contributed by atoms with E-state index in [1.807, 2.05) is 18.2 Å². The van der Waals surface area contributed by atoms with E-state index in [2.05, 4.69) is 24.0 Å². The van der Waals surface area contributed by atoms with E-state index in [1.165, 1.54) is 5.56 Å². The SMILES string of the molecule is Cc1ccccc1-c1ccncc1CO. The molecule has 0 atom stereocenters. The van der Waals surface area contributed by atoms with Gasteiger partial charge >= 0.3 is 0 Å². The number of rotatable bonds is 2. The van der Waals surface area contributed by atoms with Gasteiger partial charge in [0, 0.05) is 18.0 Å². The Bertz CT molecular complexity index is 466. The Hall–Kier alpha value is -1.67. The molecule has 0 amide bonds. The van der Waals surface area contributed by atoms with Crippen LogP contribution in [-0.2, 0) is 6.61 Å². The van der Waals surface area contributed by atoms with Crippen LogP contribution in [0.2, 0.25) is 0 Å². The summed E-state index contributed by atoms with van der Waals surface area (Å²) >= 11 is 0. The molecular formula is C13H13NO. The zero-order valence-corrected chi connectivity index (χ0v) is 8.64. The van der Waals surface area contributed by atoms with Crippen LogP contribution in [-0.4, -0.2) is 10.1 Å². The smallest absolute Gasteiger partial charge is 0.0702 e. The normalized spacial score (nSPS) is 10.3. The standard InChI is InChI=1S/C13H13NO/c1-10-4-2-3-5-12(10)13-6-7-14-8-11(13)9-15/h2-8,15H,9H2,1H3. The number of aliphatic hydroxyl groups excluding tert-OH is 1. The molecule has 2 heteroatoms. The van der Waals surface area contributed by atoms with Gasteiger partial charge in [0.05, 0.1) is 6.61 Å². The van der Waals surface area contributed by atoms with Crippen LogP contribution in [0.5, 0.6) is 0 Å². The van der Waals surface area contributed by atoms with Crippen molar-refractivity contribution >= 4 is 0 Å². The predicted molar refractivity (Wildman–Crippen MR) is 60.3 cm³/mol. The molecule has 1 heterocycles. The average Bonchev–Trinajstić information content (AvgIpc) is 2.30. The number of hydrogen-bond acceptors (Lipinski definition) is 2. The molecule has 0 aliphatic heterocycles. The molecule has 0 radical (unpaired) electrons. The molecule has 0 bridgehead atoms. The van der Waals surface area contributed by atoms with Crippen molar-refractivity contribution in [3.8, 4) is 11.1 Å². The van der Waals surface area contributed by atoms with Gasteiger partial charge in [-0.2, -0.15) is 0 Å². The van der Waals surface area contributed by atoms with Crippen molar-refractivity contribution in [2.24, 2.45) is 0 Å². The first kappa shape index (κ1) is 9.87. The van der Waals surface area contributed by atoms with E-state index < -0.39 is 0 Å². The number of aryl methyl sites for hydroxylation is 1. The molecule has 2 rings (SSSR count). The van der Waals surface area contributed by atoms with Crippen LogP contribution in [0.4, 0.5) is 0 Å². The Labute approximate surface area is 89.2 Å². The van der Waals surface area contributed by atoms with Crippen LogP contribution < -0.4 is 0 Å². The highest BCUT2D eigenvalue weighted by Crippen LogP contribution is 2.25. The fourth-order valence-corrected chi connectivity index (χ4v) is 1.69. The van der Waals surface area contributed by atoms with Crippen molar-refractivity contribution in [3.05, 3.63) is 53.9 Å². The molecule has 1 aromatic heterocycles. The Balaban J connectivity index is 2.59. The van der Waals surface area contributed by atoms with E-state index in [9.17, 15) is 5.11 Å². The lowest BCUT2D eigenvalue weighted by Crippen LogP contribution is -1.92. The highest BCUT2D eigenvalue weighted by molar-refractivity contribution is 5.69. The van der Waals surface area contributed by atoms with Gasteiger partial charge in [-0.3, -0.25) is 4.98 Å². The Morgan fingerprint density at radius 3 is 2.67 bits per heavy atom. The molecule has 0 spiro atoms. The van der Waals surface area contributed by atoms with Crippen LogP contribution in [0, 0.1) is 6.92 Å². The summed E-state index contributed by atoms with van der Waals surface area (Å²) in [5, 5.41) is 9.23. The largest absolute Gasteiger partial charge is 0.392 e. The van der Waals surface area contributed by atoms with Crippen LogP contribution in [0.25, 0.3) is 11.1 Å². The molecule has 1 N–H and O–H groups in total. The van der Waals surface area contributed by atoms with Crippen LogP contribution >= 0.6 is 0 Å². The van der Waals surface area contributed by atoms with Gasteiger partial charge in [-0.05, 0) is 29.7 Å². The van der Waals surface area contributed by atoms with Crippen molar-refractivity contribution in [2.45, 2.75) is 13.5 Å². The first-order chi connectivity index (χ1) is 7.33. The minimum Gasteiger partial charge on any atom is -0.392 e. The Morgan fingerprint density at radius 2 is 1.93 bits per heavy atom. The fraction of sp³-hybridized carbons (Fsp3) is 0.154.